The minimum absolute atomic E-state index is 0.0835. The Balaban J connectivity index is 1.09. The first-order chi connectivity index (χ1) is 23.6. The molecule has 2 N–H and O–H groups in total. The van der Waals surface area contributed by atoms with Gasteiger partial charge in [-0.25, -0.2) is 19.6 Å². The molecule has 2 aliphatic heterocycles. The van der Waals surface area contributed by atoms with Crippen LogP contribution >= 0.6 is 0 Å². The summed E-state index contributed by atoms with van der Waals surface area (Å²) in [4.78, 5) is 45.7. The molecule has 6 rings (SSSR count). The van der Waals surface area contributed by atoms with Crippen molar-refractivity contribution in [2.75, 3.05) is 0 Å². The number of likely N-dealkylation sites (tertiary alicyclic amines) is 2. The molecule has 0 saturated carbocycles. The molecule has 2 aliphatic rings. The number of ether oxygens (including phenoxy) is 2. The number of hydrogen-bond donors (Lipinski definition) is 2. The van der Waals surface area contributed by atoms with E-state index in [4.69, 9.17) is 9.47 Å². The molecule has 0 spiro atoms. The fraction of sp³-hybridized carbons (Fsp3) is 0.450. The zero-order chi connectivity index (χ0) is 35.8. The predicted octanol–water partition coefficient (Wildman–Crippen LogP) is 8.79. The van der Waals surface area contributed by atoms with Crippen LogP contribution in [0.5, 0.6) is 0 Å². The first-order valence-electron chi connectivity index (χ1n) is 17.5. The van der Waals surface area contributed by atoms with E-state index in [1.165, 1.54) is 0 Å². The molecule has 10 heteroatoms. The molecule has 2 fully saturated rings. The lowest BCUT2D eigenvalue weighted by molar-refractivity contribution is 0.0141. The van der Waals surface area contributed by atoms with Crippen molar-refractivity contribution in [1.82, 2.24) is 29.7 Å². The summed E-state index contributed by atoms with van der Waals surface area (Å²) in [5.41, 5.74) is 4.46. The van der Waals surface area contributed by atoms with Crippen molar-refractivity contribution in [2.45, 2.75) is 116 Å². The van der Waals surface area contributed by atoms with Gasteiger partial charge in [-0.3, -0.25) is 9.80 Å². The maximum atomic E-state index is 13.0. The van der Waals surface area contributed by atoms with Crippen LogP contribution in [0.1, 0.15) is 116 Å². The number of imidazole rings is 2. The summed E-state index contributed by atoms with van der Waals surface area (Å²) < 4.78 is 11.4. The molecule has 4 atom stereocenters. The Morgan fingerprint density at radius 1 is 0.640 bits per heavy atom. The first-order valence-corrected chi connectivity index (χ1v) is 17.5. The molecule has 2 aromatic carbocycles. The Morgan fingerprint density at radius 3 is 1.34 bits per heavy atom. The molecule has 0 radical (unpaired) electrons. The van der Waals surface area contributed by atoms with Gasteiger partial charge in [0.1, 0.15) is 22.9 Å². The summed E-state index contributed by atoms with van der Waals surface area (Å²) in [6.45, 7) is 15.4. The van der Waals surface area contributed by atoms with E-state index < -0.39 is 11.2 Å². The Hall–Kier alpha value is -5.04. The number of hydrogen-bond acceptors (Lipinski definition) is 6. The molecule has 2 saturated heterocycles. The third kappa shape index (κ3) is 7.88. The van der Waals surface area contributed by atoms with Crippen molar-refractivity contribution >= 4 is 12.2 Å². The first kappa shape index (κ1) is 34.8. The highest BCUT2D eigenvalue weighted by Gasteiger charge is 2.40. The largest absolute Gasteiger partial charge is 0.444 e. The van der Waals surface area contributed by atoms with Crippen molar-refractivity contribution in [3.8, 4) is 34.4 Å². The van der Waals surface area contributed by atoms with Crippen LogP contribution in [0, 0.1) is 11.8 Å². The lowest BCUT2D eigenvalue weighted by Gasteiger charge is -2.30. The number of carbonyl (C=O) groups is 2. The molecule has 4 heterocycles. The number of rotatable bonds is 4. The van der Waals surface area contributed by atoms with Crippen LogP contribution < -0.4 is 0 Å². The number of aromatic amines is 2. The van der Waals surface area contributed by atoms with E-state index >= 15 is 0 Å². The molecule has 2 amide bonds. The summed E-state index contributed by atoms with van der Waals surface area (Å²) >= 11 is 0. The minimum atomic E-state index is -0.555. The monoisotopic (exact) mass is 676 g/mol. The SMILES string of the molecule is C[C@@H]1CC[C@@H](c2ncc(-c3ccc(C#Cc4ccc(-c5cnc([C@@H]6CC[C@@H](C)N6C(=O)OC(C)(C)C)[nH]5)cc4)cc3)[nH]2)N1C(=O)OC(C)(C)C. The molecule has 10 nitrogen and oxygen atoms in total. The number of nitrogens with zero attached hydrogens (tertiary/aromatic N) is 4. The van der Waals surface area contributed by atoms with Crippen LogP contribution in [-0.2, 0) is 9.47 Å². The Labute approximate surface area is 295 Å². The highest BCUT2D eigenvalue weighted by Crippen LogP contribution is 2.38. The standard InChI is InChI=1S/C40H48N6O4/c1-25-9-21-33(45(25)37(47)49-39(3,4)5)35-41-23-31(43-35)29-17-13-27(14-18-29)11-12-28-15-19-30(20-16-28)32-24-42-36(44-32)34-22-10-26(2)46(34)38(48)50-40(6,7)8/h13-20,23-26,33-34H,9-10,21-22H2,1-8H3,(H,41,43)(H,42,44)/t25-,26-,33+,34+/m1/s1. The number of aromatic nitrogens is 4. The van der Waals surface area contributed by atoms with Crippen LogP contribution in [0.25, 0.3) is 22.5 Å². The molecule has 4 aromatic rings. The van der Waals surface area contributed by atoms with Crippen LogP contribution in [0.4, 0.5) is 9.59 Å². The molecule has 0 bridgehead atoms. The molecule has 50 heavy (non-hydrogen) atoms. The molecule has 0 unspecified atom stereocenters. The summed E-state index contributed by atoms with van der Waals surface area (Å²) in [5.74, 6) is 8.06. The maximum absolute atomic E-state index is 13.0. The third-order valence-corrected chi connectivity index (χ3v) is 9.11. The van der Waals surface area contributed by atoms with E-state index in [9.17, 15) is 9.59 Å². The van der Waals surface area contributed by atoms with Crippen LogP contribution in [0.2, 0.25) is 0 Å². The summed E-state index contributed by atoms with van der Waals surface area (Å²) in [6.07, 6.45) is 6.50. The van der Waals surface area contributed by atoms with Crippen molar-refractivity contribution < 1.29 is 19.1 Å². The zero-order valence-electron chi connectivity index (χ0n) is 30.3. The Morgan fingerprint density at radius 2 is 1.00 bits per heavy atom. The molecular formula is C40H48N6O4. The fourth-order valence-corrected chi connectivity index (χ4v) is 6.67. The third-order valence-electron chi connectivity index (χ3n) is 9.11. The van der Waals surface area contributed by atoms with Crippen molar-refractivity contribution in [3.05, 3.63) is 83.7 Å². The van der Waals surface area contributed by atoms with Gasteiger partial charge in [-0.1, -0.05) is 36.1 Å². The summed E-state index contributed by atoms with van der Waals surface area (Å²) in [7, 11) is 0. The predicted molar refractivity (Wildman–Crippen MR) is 193 cm³/mol. The van der Waals surface area contributed by atoms with Crippen LogP contribution in [-0.4, -0.2) is 65.2 Å². The number of nitrogens with one attached hydrogen (secondary N) is 2. The average molecular weight is 677 g/mol. The van der Waals surface area contributed by atoms with Gasteiger partial charge in [-0.2, -0.15) is 0 Å². The normalized spacial score (nSPS) is 20.8. The van der Waals surface area contributed by atoms with Crippen molar-refractivity contribution in [3.63, 3.8) is 0 Å². The lowest BCUT2D eigenvalue weighted by atomic mass is 10.1. The van der Waals surface area contributed by atoms with Gasteiger partial charge in [0.05, 0.1) is 35.9 Å². The lowest BCUT2D eigenvalue weighted by Crippen LogP contribution is -2.40. The number of amides is 2. The summed E-state index contributed by atoms with van der Waals surface area (Å²) in [5, 5.41) is 0. The Kier molecular flexibility index (Phi) is 9.54. The van der Waals surface area contributed by atoms with Crippen LogP contribution in [0.15, 0.2) is 60.9 Å². The smallest absolute Gasteiger partial charge is 0.411 e. The quantitative estimate of drug-likeness (QED) is 0.209. The highest BCUT2D eigenvalue weighted by atomic mass is 16.6. The van der Waals surface area contributed by atoms with E-state index in [-0.39, 0.29) is 36.4 Å². The van der Waals surface area contributed by atoms with E-state index in [2.05, 4.69) is 45.6 Å². The van der Waals surface area contributed by atoms with Gasteiger partial charge in [0, 0.05) is 23.2 Å². The molecule has 2 aromatic heterocycles. The fourth-order valence-electron chi connectivity index (χ4n) is 6.67. The van der Waals surface area contributed by atoms with E-state index in [0.717, 1.165) is 71.0 Å². The van der Waals surface area contributed by atoms with Gasteiger partial charge in [0.25, 0.3) is 0 Å². The Bertz CT molecular complexity index is 1750. The van der Waals surface area contributed by atoms with Crippen molar-refractivity contribution in [2.24, 2.45) is 0 Å². The molecule has 0 aliphatic carbocycles. The van der Waals surface area contributed by atoms with E-state index in [0.29, 0.717) is 0 Å². The van der Waals surface area contributed by atoms with Gasteiger partial charge in [-0.15, -0.1) is 0 Å². The molecular weight excluding hydrogens is 628 g/mol. The molecule has 262 valence electrons. The van der Waals surface area contributed by atoms with E-state index in [1.807, 2.05) is 112 Å². The summed E-state index contributed by atoms with van der Waals surface area (Å²) in [6, 6.07) is 16.0. The van der Waals surface area contributed by atoms with Crippen molar-refractivity contribution in [1.29, 1.82) is 0 Å². The van der Waals surface area contributed by atoms with Gasteiger partial charge >= 0.3 is 12.2 Å². The number of H-pyrrole nitrogens is 2. The maximum Gasteiger partial charge on any atom is 0.411 e. The van der Waals surface area contributed by atoms with Gasteiger partial charge in [-0.05, 0) is 116 Å². The van der Waals surface area contributed by atoms with Gasteiger partial charge < -0.3 is 19.4 Å². The average Bonchev–Trinajstić information content (AvgIpc) is 3.85. The topological polar surface area (TPSA) is 116 Å². The minimum Gasteiger partial charge on any atom is -0.444 e. The van der Waals surface area contributed by atoms with Crippen LogP contribution in [0.3, 0.4) is 0 Å². The number of benzene rings is 2. The second kappa shape index (κ2) is 13.7. The second-order valence-electron chi connectivity index (χ2n) is 15.4. The highest BCUT2D eigenvalue weighted by molar-refractivity contribution is 5.70. The van der Waals surface area contributed by atoms with E-state index in [1.54, 1.807) is 0 Å². The zero-order valence-corrected chi connectivity index (χ0v) is 30.3. The second-order valence-corrected chi connectivity index (χ2v) is 15.4. The number of carbonyl (C=O) groups excluding carboxylic acids is 2. The van der Waals surface area contributed by atoms with Gasteiger partial charge in [0.15, 0.2) is 0 Å². The van der Waals surface area contributed by atoms with Gasteiger partial charge in [0.2, 0.25) is 0 Å².